The Balaban J connectivity index is 2.15. The van der Waals surface area contributed by atoms with Crippen molar-refractivity contribution in [2.75, 3.05) is 11.8 Å². The molecule has 0 aliphatic carbocycles. The molecule has 0 spiro atoms. The van der Waals surface area contributed by atoms with E-state index in [0.717, 1.165) is 5.56 Å². The predicted octanol–water partition coefficient (Wildman–Crippen LogP) is 3.17. The summed E-state index contributed by atoms with van der Waals surface area (Å²) in [7, 11) is -2.29. The molecule has 0 heterocycles. The van der Waals surface area contributed by atoms with Gasteiger partial charge in [-0.05, 0) is 42.3 Å². The lowest BCUT2D eigenvalue weighted by Crippen LogP contribution is -2.13. The molecule has 0 aliphatic heterocycles. The summed E-state index contributed by atoms with van der Waals surface area (Å²) in [5, 5.41) is 8.95. The van der Waals surface area contributed by atoms with E-state index in [-0.39, 0.29) is 11.3 Å². The number of hydrogen-bond acceptors (Lipinski definition) is 4. The molecular weight excluding hydrogens is 354 g/mol. The number of carbonyl (C=O) groups is 1. The zero-order valence-electron chi connectivity index (χ0n) is 12.8. The van der Waals surface area contributed by atoms with Gasteiger partial charge in [0.15, 0.2) is 0 Å². The molecule has 2 aromatic rings. The van der Waals surface area contributed by atoms with Crippen molar-refractivity contribution in [3.63, 3.8) is 0 Å². The van der Waals surface area contributed by atoms with Crippen LogP contribution in [0.1, 0.15) is 12.0 Å². The van der Waals surface area contributed by atoms with E-state index in [9.17, 15) is 13.2 Å². The fraction of sp³-hybridized carbons (Fsp3) is 0.188. The van der Waals surface area contributed by atoms with Crippen LogP contribution in [0.25, 0.3) is 0 Å². The minimum absolute atomic E-state index is 0.00526. The molecule has 0 radical (unpaired) electrons. The first-order chi connectivity index (χ1) is 11.3. The highest BCUT2D eigenvalue weighted by Gasteiger charge is 2.15. The fourth-order valence-electron chi connectivity index (χ4n) is 2.03. The van der Waals surface area contributed by atoms with Crippen molar-refractivity contribution >= 4 is 33.3 Å². The molecule has 0 amide bonds. The molecule has 0 bridgehead atoms. The van der Waals surface area contributed by atoms with Crippen molar-refractivity contribution in [2.45, 2.75) is 17.7 Å². The zero-order chi connectivity index (χ0) is 17.7. The Kier molecular flexibility index (Phi) is 5.69. The van der Waals surface area contributed by atoms with E-state index in [1.807, 2.05) is 0 Å². The summed E-state index contributed by atoms with van der Waals surface area (Å²) in [6.07, 6.45) is 0.339. The molecule has 128 valence electrons. The highest BCUT2D eigenvalue weighted by molar-refractivity contribution is 7.92. The maximum Gasteiger partial charge on any atom is 0.303 e. The van der Waals surface area contributed by atoms with Crippen molar-refractivity contribution in [2.24, 2.45) is 0 Å². The molecule has 2 aromatic carbocycles. The number of ether oxygens (including phenoxy) is 1. The number of methoxy groups -OCH3 is 1. The highest BCUT2D eigenvalue weighted by atomic mass is 35.5. The summed E-state index contributed by atoms with van der Waals surface area (Å²) in [6.45, 7) is 0. The van der Waals surface area contributed by atoms with E-state index >= 15 is 0 Å². The minimum Gasteiger partial charge on any atom is -0.495 e. The van der Waals surface area contributed by atoms with E-state index in [0.29, 0.717) is 22.9 Å². The summed E-state index contributed by atoms with van der Waals surface area (Å²) >= 11 is 5.98. The first-order valence-electron chi connectivity index (χ1n) is 6.99. The third-order valence-electron chi connectivity index (χ3n) is 3.27. The molecule has 6 nitrogen and oxygen atoms in total. The number of carboxylic acids is 1. The zero-order valence-corrected chi connectivity index (χ0v) is 14.4. The van der Waals surface area contributed by atoms with Crippen LogP contribution >= 0.6 is 11.6 Å². The normalized spacial score (nSPS) is 11.1. The molecule has 2 rings (SSSR count). The average Bonchev–Trinajstić information content (AvgIpc) is 2.53. The van der Waals surface area contributed by atoms with Crippen molar-refractivity contribution in [1.82, 2.24) is 0 Å². The van der Waals surface area contributed by atoms with Crippen LogP contribution in [0.3, 0.4) is 0 Å². The third-order valence-corrected chi connectivity index (χ3v) is 4.96. The van der Waals surface area contributed by atoms with E-state index in [1.54, 1.807) is 24.3 Å². The quantitative estimate of drug-likeness (QED) is 0.782. The monoisotopic (exact) mass is 369 g/mol. The lowest BCUT2D eigenvalue weighted by Gasteiger charge is -2.10. The molecular formula is C16H16ClNO5S. The fourth-order valence-corrected chi connectivity index (χ4v) is 3.34. The van der Waals surface area contributed by atoms with Crippen LogP contribution in [-0.2, 0) is 21.2 Å². The molecule has 8 heteroatoms. The molecule has 0 saturated carbocycles. The van der Waals surface area contributed by atoms with E-state index < -0.39 is 16.0 Å². The number of halogens is 1. The summed E-state index contributed by atoms with van der Waals surface area (Å²) < 4.78 is 32.2. The number of anilines is 1. The predicted molar refractivity (Wildman–Crippen MR) is 91.2 cm³/mol. The summed E-state index contributed by atoms with van der Waals surface area (Å²) in [5.74, 6) is -0.452. The van der Waals surface area contributed by atoms with E-state index in [1.165, 1.54) is 25.3 Å². The first kappa shape index (κ1) is 18.1. The topological polar surface area (TPSA) is 92.7 Å². The number of rotatable bonds is 7. The van der Waals surface area contributed by atoms with Crippen LogP contribution in [0.5, 0.6) is 5.75 Å². The number of aryl methyl sites for hydroxylation is 1. The Morgan fingerprint density at radius 3 is 2.42 bits per heavy atom. The van der Waals surface area contributed by atoms with Gasteiger partial charge in [-0.15, -0.1) is 0 Å². The van der Waals surface area contributed by atoms with Crippen molar-refractivity contribution in [3.05, 3.63) is 53.1 Å². The number of benzene rings is 2. The van der Waals surface area contributed by atoms with Gasteiger partial charge in [-0.1, -0.05) is 23.7 Å². The second-order valence-corrected chi connectivity index (χ2v) is 7.08. The number of sulfonamides is 1. The lowest BCUT2D eigenvalue weighted by molar-refractivity contribution is -0.136. The van der Waals surface area contributed by atoms with Gasteiger partial charge in [-0.25, -0.2) is 8.42 Å². The van der Waals surface area contributed by atoms with Crippen LogP contribution in [-0.4, -0.2) is 26.6 Å². The van der Waals surface area contributed by atoms with Gasteiger partial charge in [-0.3, -0.25) is 9.52 Å². The van der Waals surface area contributed by atoms with Gasteiger partial charge in [-0.2, -0.15) is 0 Å². The maximum atomic E-state index is 12.4. The van der Waals surface area contributed by atoms with Crippen LogP contribution < -0.4 is 9.46 Å². The van der Waals surface area contributed by atoms with Gasteiger partial charge in [0, 0.05) is 6.42 Å². The van der Waals surface area contributed by atoms with Gasteiger partial charge in [0.05, 0.1) is 22.7 Å². The average molecular weight is 370 g/mol. The largest absolute Gasteiger partial charge is 0.495 e. The van der Waals surface area contributed by atoms with Crippen LogP contribution in [0.2, 0.25) is 5.02 Å². The van der Waals surface area contributed by atoms with E-state index in [2.05, 4.69) is 4.72 Å². The second kappa shape index (κ2) is 7.55. The van der Waals surface area contributed by atoms with Gasteiger partial charge in [0.25, 0.3) is 10.0 Å². The number of nitrogens with one attached hydrogen (secondary N) is 1. The van der Waals surface area contributed by atoms with Crippen molar-refractivity contribution < 1.29 is 23.1 Å². The van der Waals surface area contributed by atoms with Crippen LogP contribution in [0.15, 0.2) is 47.4 Å². The molecule has 0 aliphatic rings. The van der Waals surface area contributed by atoms with Gasteiger partial charge in [0.1, 0.15) is 5.75 Å². The number of carboxylic acid groups (broad SMARTS) is 1. The Hall–Kier alpha value is -2.25. The molecule has 0 fully saturated rings. The summed E-state index contributed by atoms with van der Waals surface area (Å²) in [5.41, 5.74) is 1.07. The highest BCUT2D eigenvalue weighted by Crippen LogP contribution is 2.28. The van der Waals surface area contributed by atoms with Gasteiger partial charge < -0.3 is 9.84 Å². The Morgan fingerprint density at radius 1 is 1.21 bits per heavy atom. The third kappa shape index (κ3) is 4.62. The summed E-state index contributed by atoms with van der Waals surface area (Å²) in [6, 6.07) is 10.6. The van der Waals surface area contributed by atoms with Crippen LogP contribution in [0, 0.1) is 0 Å². The standard InChI is InChI=1S/C16H16ClNO5S/c1-23-15-8-5-12(10-14(15)17)18-24(21,22)13-6-2-11(3-7-13)4-9-16(19)20/h2-3,5-8,10,18H,4,9H2,1H3,(H,19,20). The van der Waals surface area contributed by atoms with Crippen LogP contribution in [0.4, 0.5) is 5.69 Å². The summed E-state index contributed by atoms with van der Waals surface area (Å²) in [4.78, 5) is 10.6. The number of aliphatic carboxylic acids is 1. The molecule has 0 aromatic heterocycles. The smallest absolute Gasteiger partial charge is 0.303 e. The Labute approximate surface area is 145 Å². The molecule has 0 unspecified atom stereocenters. The van der Waals surface area contributed by atoms with Gasteiger partial charge in [0.2, 0.25) is 0 Å². The Morgan fingerprint density at radius 2 is 1.88 bits per heavy atom. The minimum atomic E-state index is -3.76. The van der Waals surface area contributed by atoms with Crippen molar-refractivity contribution in [1.29, 1.82) is 0 Å². The van der Waals surface area contributed by atoms with E-state index in [4.69, 9.17) is 21.4 Å². The Bertz CT molecular complexity index is 834. The molecule has 0 saturated heterocycles. The number of hydrogen-bond donors (Lipinski definition) is 2. The lowest BCUT2D eigenvalue weighted by atomic mass is 10.1. The maximum absolute atomic E-state index is 12.4. The van der Waals surface area contributed by atoms with Gasteiger partial charge >= 0.3 is 5.97 Å². The second-order valence-electron chi connectivity index (χ2n) is 4.99. The first-order valence-corrected chi connectivity index (χ1v) is 8.85. The molecule has 24 heavy (non-hydrogen) atoms. The SMILES string of the molecule is COc1ccc(NS(=O)(=O)c2ccc(CCC(=O)O)cc2)cc1Cl. The molecule has 0 atom stereocenters. The van der Waals surface area contributed by atoms with Crippen molar-refractivity contribution in [3.8, 4) is 5.75 Å². The molecule has 2 N–H and O–H groups in total.